The van der Waals surface area contributed by atoms with Crippen molar-refractivity contribution in [2.75, 3.05) is 6.54 Å². The number of aryl methyl sites for hydroxylation is 1. The van der Waals surface area contributed by atoms with E-state index in [1.165, 1.54) is 16.7 Å². The van der Waals surface area contributed by atoms with Crippen molar-refractivity contribution in [2.45, 2.75) is 13.3 Å². The molecule has 2 aromatic carbocycles. The van der Waals surface area contributed by atoms with Crippen LogP contribution in [0.3, 0.4) is 0 Å². The van der Waals surface area contributed by atoms with Crippen molar-refractivity contribution < 1.29 is 0 Å². The van der Waals surface area contributed by atoms with E-state index >= 15 is 0 Å². The molecular weight excluding hydrogens is 234 g/mol. The second-order valence-electron chi connectivity index (χ2n) is 4.53. The molecule has 0 saturated heterocycles. The lowest BCUT2D eigenvalue weighted by molar-refractivity contribution is 1.06. The number of rotatable bonds is 3. The first-order chi connectivity index (χ1) is 9.38. The second kappa shape index (κ2) is 5.14. The number of nitrogens with zero attached hydrogens (tertiary/aromatic N) is 3. The summed E-state index contributed by atoms with van der Waals surface area (Å²) in [4.78, 5) is 0. The van der Waals surface area contributed by atoms with Crippen molar-refractivity contribution in [3.05, 3.63) is 59.7 Å². The molecule has 3 heteroatoms. The molecule has 0 N–H and O–H groups in total. The summed E-state index contributed by atoms with van der Waals surface area (Å²) in [7, 11) is 0. The molecule has 2 aromatic rings. The molecule has 0 saturated carbocycles. The van der Waals surface area contributed by atoms with Crippen LogP contribution < -0.4 is 0 Å². The fraction of sp³-hybridized carbons (Fsp3) is 0.188. The van der Waals surface area contributed by atoms with Gasteiger partial charge in [0.05, 0.1) is 5.71 Å². The molecule has 0 atom stereocenters. The Morgan fingerprint density at radius 3 is 2.32 bits per heavy atom. The summed E-state index contributed by atoms with van der Waals surface area (Å²) in [6.45, 7) is 2.74. The lowest BCUT2D eigenvalue weighted by Gasteiger charge is -2.09. The third-order valence-electron chi connectivity index (χ3n) is 3.36. The van der Waals surface area contributed by atoms with Crippen molar-refractivity contribution >= 4 is 5.71 Å². The van der Waals surface area contributed by atoms with Gasteiger partial charge in [0.15, 0.2) is 0 Å². The Morgan fingerprint density at radius 2 is 1.68 bits per heavy atom. The minimum absolute atomic E-state index is 0.573. The molecule has 94 valence electrons. The van der Waals surface area contributed by atoms with E-state index in [4.69, 9.17) is 0 Å². The molecule has 0 amide bonds. The molecule has 0 unspecified atom stereocenters. The Balaban J connectivity index is 2.04. The minimum atomic E-state index is 0.573. The van der Waals surface area contributed by atoms with Crippen molar-refractivity contribution in [2.24, 2.45) is 15.4 Å². The van der Waals surface area contributed by atoms with Gasteiger partial charge in [0.25, 0.3) is 0 Å². The van der Waals surface area contributed by atoms with Gasteiger partial charge >= 0.3 is 0 Å². The predicted molar refractivity (Wildman–Crippen MR) is 77.5 cm³/mol. The molecule has 0 aromatic heterocycles. The third-order valence-corrected chi connectivity index (χ3v) is 3.36. The fourth-order valence-corrected chi connectivity index (χ4v) is 2.26. The van der Waals surface area contributed by atoms with E-state index in [0.29, 0.717) is 6.54 Å². The van der Waals surface area contributed by atoms with Crippen LogP contribution >= 0.6 is 0 Å². The van der Waals surface area contributed by atoms with E-state index in [1.54, 1.807) is 0 Å². The molecule has 0 bridgehead atoms. The van der Waals surface area contributed by atoms with E-state index in [9.17, 15) is 0 Å². The topological polar surface area (TPSA) is 37.1 Å². The van der Waals surface area contributed by atoms with Crippen LogP contribution in [0.4, 0.5) is 0 Å². The average molecular weight is 249 g/mol. The molecule has 3 nitrogen and oxygen atoms in total. The molecule has 0 radical (unpaired) electrons. The number of hydrogen-bond donors (Lipinski definition) is 0. The highest BCUT2D eigenvalue weighted by Gasteiger charge is 2.12. The first-order valence-corrected chi connectivity index (χ1v) is 6.50. The minimum Gasteiger partial charge on any atom is -0.162 e. The van der Waals surface area contributed by atoms with Gasteiger partial charge in [-0.1, -0.05) is 55.5 Å². The van der Waals surface area contributed by atoms with Crippen LogP contribution in [0, 0.1) is 0 Å². The van der Waals surface area contributed by atoms with Gasteiger partial charge in [0, 0.05) is 5.56 Å². The Kier molecular flexibility index (Phi) is 3.19. The summed E-state index contributed by atoms with van der Waals surface area (Å²) in [5.74, 6) is 0. The molecule has 1 heterocycles. The van der Waals surface area contributed by atoms with Gasteiger partial charge in [-0.05, 0) is 28.3 Å². The zero-order valence-electron chi connectivity index (χ0n) is 10.9. The lowest BCUT2D eigenvalue weighted by atomic mass is 9.96. The fourth-order valence-electron chi connectivity index (χ4n) is 2.26. The Bertz CT molecular complexity index is 639. The van der Waals surface area contributed by atoms with Crippen molar-refractivity contribution in [1.29, 1.82) is 0 Å². The monoisotopic (exact) mass is 249 g/mol. The smallest absolute Gasteiger partial charge is 0.107 e. The molecule has 0 aliphatic carbocycles. The third kappa shape index (κ3) is 2.32. The molecule has 19 heavy (non-hydrogen) atoms. The van der Waals surface area contributed by atoms with E-state index in [1.807, 2.05) is 6.07 Å². The largest absolute Gasteiger partial charge is 0.162 e. The van der Waals surface area contributed by atoms with Gasteiger partial charge < -0.3 is 0 Å². The van der Waals surface area contributed by atoms with Crippen molar-refractivity contribution in [3.63, 3.8) is 0 Å². The van der Waals surface area contributed by atoms with Crippen LogP contribution in [0.1, 0.15) is 18.1 Å². The maximum absolute atomic E-state index is 4.10. The van der Waals surface area contributed by atoms with Crippen molar-refractivity contribution in [1.82, 2.24) is 0 Å². The SMILES string of the molecule is CCc1ccc(-c2ccccc2C2=NN=NC2)cc1. The highest BCUT2D eigenvalue weighted by Crippen LogP contribution is 2.25. The number of hydrogen-bond acceptors (Lipinski definition) is 3. The van der Waals surface area contributed by atoms with Crippen LogP contribution in [0.25, 0.3) is 11.1 Å². The Labute approximate surface area is 112 Å². The van der Waals surface area contributed by atoms with Crippen LogP contribution in [-0.4, -0.2) is 12.3 Å². The zero-order valence-corrected chi connectivity index (χ0v) is 10.9. The van der Waals surface area contributed by atoms with E-state index in [0.717, 1.165) is 17.7 Å². The standard InChI is InChI=1S/C16H15N3/c1-2-12-7-9-13(10-8-12)14-5-3-4-6-15(14)16-11-17-19-18-16/h3-10H,2,11H2,1H3. The second-order valence-corrected chi connectivity index (χ2v) is 4.53. The summed E-state index contributed by atoms with van der Waals surface area (Å²) in [6, 6.07) is 17.0. The maximum atomic E-state index is 4.10. The summed E-state index contributed by atoms with van der Waals surface area (Å²) in [5, 5.41) is 11.7. The zero-order chi connectivity index (χ0) is 13.1. The molecule has 0 spiro atoms. The quantitative estimate of drug-likeness (QED) is 0.786. The summed E-state index contributed by atoms with van der Waals surface area (Å²) >= 11 is 0. The summed E-state index contributed by atoms with van der Waals surface area (Å²) in [5.41, 5.74) is 5.81. The van der Waals surface area contributed by atoms with Gasteiger partial charge in [0.1, 0.15) is 6.54 Å². The maximum Gasteiger partial charge on any atom is 0.107 e. The van der Waals surface area contributed by atoms with Crippen LogP contribution in [0.5, 0.6) is 0 Å². The number of benzene rings is 2. The van der Waals surface area contributed by atoms with Crippen LogP contribution in [0.2, 0.25) is 0 Å². The Morgan fingerprint density at radius 1 is 0.947 bits per heavy atom. The van der Waals surface area contributed by atoms with Crippen LogP contribution in [-0.2, 0) is 6.42 Å². The average Bonchev–Trinajstić information content (AvgIpc) is 3.01. The molecule has 0 fully saturated rings. The van der Waals surface area contributed by atoms with Gasteiger partial charge in [-0.15, -0.1) is 5.10 Å². The first-order valence-electron chi connectivity index (χ1n) is 6.50. The van der Waals surface area contributed by atoms with Gasteiger partial charge in [-0.2, -0.15) is 5.11 Å². The van der Waals surface area contributed by atoms with E-state index in [2.05, 4.69) is 64.8 Å². The van der Waals surface area contributed by atoms with E-state index in [-0.39, 0.29) is 0 Å². The van der Waals surface area contributed by atoms with Crippen LogP contribution in [0.15, 0.2) is 64.0 Å². The predicted octanol–water partition coefficient (Wildman–Crippen LogP) is 4.09. The highest BCUT2D eigenvalue weighted by molar-refractivity contribution is 6.07. The van der Waals surface area contributed by atoms with Gasteiger partial charge in [0.2, 0.25) is 0 Å². The molecule has 1 aliphatic rings. The summed E-state index contributed by atoms with van der Waals surface area (Å²) in [6.07, 6.45) is 1.06. The normalized spacial score (nSPS) is 13.6. The van der Waals surface area contributed by atoms with Gasteiger partial charge in [-0.3, -0.25) is 0 Å². The van der Waals surface area contributed by atoms with Gasteiger partial charge in [-0.25, -0.2) is 0 Å². The molecular formula is C16H15N3. The van der Waals surface area contributed by atoms with Crippen molar-refractivity contribution in [3.8, 4) is 11.1 Å². The molecule has 1 aliphatic heterocycles. The molecule has 3 rings (SSSR count). The first kappa shape index (κ1) is 11.8. The summed E-state index contributed by atoms with van der Waals surface area (Å²) < 4.78 is 0. The lowest BCUT2D eigenvalue weighted by Crippen LogP contribution is -2.03. The highest BCUT2D eigenvalue weighted by atomic mass is 15.4. The Hall–Kier alpha value is -2.29. The van der Waals surface area contributed by atoms with E-state index < -0.39 is 0 Å².